The number of amides is 2. The number of hydrogen-bond acceptors (Lipinski definition) is 3. The summed E-state index contributed by atoms with van der Waals surface area (Å²) < 4.78 is 21.7. The lowest BCUT2D eigenvalue weighted by atomic mass is 9.83. The molecule has 4 aromatic rings. The highest BCUT2D eigenvalue weighted by Crippen LogP contribution is 2.41. The number of nitrogens with one attached hydrogen (secondary N) is 1. The molecule has 0 saturated heterocycles. The van der Waals surface area contributed by atoms with Gasteiger partial charge in [0.2, 0.25) is 0 Å². The van der Waals surface area contributed by atoms with E-state index in [-0.39, 0.29) is 36.8 Å². The first-order valence-corrected chi connectivity index (χ1v) is 14.1. The maximum Gasteiger partial charge on any atom is 0.272 e. The van der Waals surface area contributed by atoms with Gasteiger partial charge >= 0.3 is 0 Å². The van der Waals surface area contributed by atoms with Crippen LogP contribution in [0.1, 0.15) is 60.1 Å². The molecule has 1 aromatic heterocycles. The van der Waals surface area contributed by atoms with Gasteiger partial charge in [0.25, 0.3) is 11.8 Å². The molecular weight excluding hydrogens is 505 g/mol. The number of hydrogen-bond donors (Lipinski definition) is 1. The summed E-state index contributed by atoms with van der Waals surface area (Å²) in [5, 5.41) is 4.26. The third-order valence-corrected chi connectivity index (χ3v) is 8.47. The molecule has 2 heterocycles. The highest BCUT2D eigenvalue weighted by atomic mass is 19.1. The minimum absolute atomic E-state index is 0.0459. The van der Waals surface area contributed by atoms with Gasteiger partial charge in [-0.15, -0.1) is 0 Å². The Labute approximate surface area is 233 Å². The molecule has 3 aromatic carbocycles. The number of rotatable bonds is 6. The van der Waals surface area contributed by atoms with Crippen LogP contribution in [0.15, 0.2) is 78.9 Å². The number of fused-ring (bicyclic) bond motifs is 3. The van der Waals surface area contributed by atoms with Gasteiger partial charge in [0.15, 0.2) is 5.54 Å². The van der Waals surface area contributed by atoms with Crippen LogP contribution in [0.25, 0.3) is 10.9 Å². The van der Waals surface area contributed by atoms with Gasteiger partial charge in [-0.3, -0.25) is 9.59 Å². The van der Waals surface area contributed by atoms with Crippen LogP contribution < -0.4 is 10.1 Å². The smallest absolute Gasteiger partial charge is 0.272 e. The zero-order valence-corrected chi connectivity index (χ0v) is 22.7. The summed E-state index contributed by atoms with van der Waals surface area (Å²) in [7, 11) is 1.61. The molecular formula is C33H34FN3O3. The van der Waals surface area contributed by atoms with Gasteiger partial charge in [0, 0.05) is 24.0 Å². The maximum atomic E-state index is 14.7. The van der Waals surface area contributed by atoms with Crippen molar-refractivity contribution >= 4 is 22.7 Å². The van der Waals surface area contributed by atoms with Crippen LogP contribution in [0.2, 0.25) is 0 Å². The SMILES string of the molecule is COc1ccc2cc3n(c2c1)C[C@](C(=O)NC1CCCCCC1)(c1ccccc1)N(Cc1cccc(F)c1)C3=O. The van der Waals surface area contributed by atoms with Crippen LogP contribution in [-0.4, -0.2) is 34.4 Å². The molecule has 1 aliphatic heterocycles. The van der Waals surface area contributed by atoms with E-state index in [2.05, 4.69) is 5.32 Å². The summed E-state index contributed by atoms with van der Waals surface area (Å²) in [6, 6.07) is 23.4. The monoisotopic (exact) mass is 539 g/mol. The number of carbonyl (C=O) groups is 2. The molecule has 7 heteroatoms. The van der Waals surface area contributed by atoms with Crippen molar-refractivity contribution in [2.75, 3.05) is 7.11 Å². The van der Waals surface area contributed by atoms with Crippen molar-refractivity contribution in [3.63, 3.8) is 0 Å². The first kappa shape index (κ1) is 26.1. The van der Waals surface area contributed by atoms with Crippen LogP contribution in [0, 0.1) is 5.82 Å². The van der Waals surface area contributed by atoms with Gasteiger partial charge in [-0.2, -0.15) is 0 Å². The first-order chi connectivity index (χ1) is 19.5. The van der Waals surface area contributed by atoms with Crippen molar-refractivity contribution in [3.8, 4) is 5.75 Å². The predicted molar refractivity (Wildman–Crippen MR) is 153 cm³/mol. The van der Waals surface area contributed by atoms with E-state index in [9.17, 15) is 14.0 Å². The van der Waals surface area contributed by atoms with Crippen molar-refractivity contribution in [2.24, 2.45) is 0 Å². The Kier molecular flexibility index (Phi) is 7.05. The Balaban J connectivity index is 1.54. The van der Waals surface area contributed by atoms with Crippen LogP contribution in [0.5, 0.6) is 5.75 Å². The van der Waals surface area contributed by atoms with Gasteiger partial charge in [-0.25, -0.2) is 4.39 Å². The van der Waals surface area contributed by atoms with Crippen molar-refractivity contribution in [2.45, 2.75) is 63.2 Å². The zero-order valence-electron chi connectivity index (χ0n) is 22.7. The fraction of sp³-hybridized carbons (Fsp3) is 0.333. The van der Waals surface area contributed by atoms with Crippen molar-refractivity contribution in [3.05, 3.63) is 102 Å². The van der Waals surface area contributed by atoms with E-state index in [0.29, 0.717) is 17.0 Å². The van der Waals surface area contributed by atoms with E-state index in [1.165, 1.54) is 25.0 Å². The fourth-order valence-corrected chi connectivity index (χ4v) is 6.37. The Morgan fingerprint density at radius 1 is 0.975 bits per heavy atom. The Morgan fingerprint density at radius 3 is 2.48 bits per heavy atom. The van der Waals surface area contributed by atoms with Crippen molar-refractivity contribution in [1.29, 1.82) is 0 Å². The molecule has 0 unspecified atom stereocenters. The molecule has 0 bridgehead atoms. The highest BCUT2D eigenvalue weighted by Gasteiger charge is 2.52. The third-order valence-electron chi connectivity index (χ3n) is 8.47. The summed E-state index contributed by atoms with van der Waals surface area (Å²) in [4.78, 5) is 30.8. The van der Waals surface area contributed by atoms with E-state index in [0.717, 1.165) is 42.1 Å². The third kappa shape index (κ3) is 4.63. The minimum Gasteiger partial charge on any atom is -0.497 e. The van der Waals surface area contributed by atoms with Gasteiger partial charge < -0.3 is 19.5 Å². The number of nitrogens with zero attached hydrogens (tertiary/aromatic N) is 2. The van der Waals surface area contributed by atoms with E-state index in [1.807, 2.05) is 59.2 Å². The Hall–Kier alpha value is -4.13. The largest absolute Gasteiger partial charge is 0.497 e. The molecule has 1 fully saturated rings. The standard InChI is InChI=1S/C33H34FN3O3/c1-40-28-17-16-24-19-30-31(38)37(21-23-10-9-13-26(34)18-23)33(22-36(30)29(24)20-28,25-11-5-4-6-12-25)32(39)35-27-14-7-2-3-8-15-27/h4-6,9-13,16-20,27H,2-3,7-8,14-15,21-22H2,1H3,(H,35,39)/t33-/m1/s1. The average molecular weight is 540 g/mol. The Bertz CT molecular complexity index is 1540. The second kappa shape index (κ2) is 10.8. The number of methoxy groups -OCH3 is 1. The molecule has 2 aliphatic rings. The predicted octanol–water partition coefficient (Wildman–Crippen LogP) is 6.18. The summed E-state index contributed by atoms with van der Waals surface area (Å²) in [5.41, 5.74) is 1.33. The summed E-state index contributed by atoms with van der Waals surface area (Å²) in [6.45, 7) is 0.317. The summed E-state index contributed by atoms with van der Waals surface area (Å²) >= 11 is 0. The molecule has 1 atom stereocenters. The molecule has 1 N–H and O–H groups in total. The summed E-state index contributed by atoms with van der Waals surface area (Å²) in [5.74, 6) is -0.177. The van der Waals surface area contributed by atoms with E-state index in [1.54, 1.807) is 24.1 Å². The first-order valence-electron chi connectivity index (χ1n) is 14.1. The van der Waals surface area contributed by atoms with E-state index < -0.39 is 5.54 Å². The normalized spacial score (nSPS) is 19.8. The molecule has 206 valence electrons. The highest BCUT2D eigenvalue weighted by molar-refractivity contribution is 6.04. The second-order valence-electron chi connectivity index (χ2n) is 10.9. The van der Waals surface area contributed by atoms with Crippen LogP contribution in [0.4, 0.5) is 4.39 Å². The van der Waals surface area contributed by atoms with Crippen LogP contribution in [0.3, 0.4) is 0 Å². The van der Waals surface area contributed by atoms with Gasteiger partial charge in [-0.1, -0.05) is 68.1 Å². The number of aromatic nitrogens is 1. The van der Waals surface area contributed by atoms with Crippen molar-refractivity contribution in [1.82, 2.24) is 14.8 Å². The molecule has 1 saturated carbocycles. The fourth-order valence-electron chi connectivity index (χ4n) is 6.37. The lowest BCUT2D eigenvalue weighted by molar-refractivity contribution is -0.136. The van der Waals surface area contributed by atoms with Gasteiger partial charge in [0.1, 0.15) is 17.3 Å². The van der Waals surface area contributed by atoms with Crippen LogP contribution >= 0.6 is 0 Å². The topological polar surface area (TPSA) is 63.6 Å². The molecule has 40 heavy (non-hydrogen) atoms. The summed E-state index contributed by atoms with van der Waals surface area (Å²) in [6.07, 6.45) is 6.32. The van der Waals surface area contributed by atoms with E-state index >= 15 is 0 Å². The molecule has 0 radical (unpaired) electrons. The molecule has 6 nitrogen and oxygen atoms in total. The zero-order chi connectivity index (χ0) is 27.7. The molecule has 1 aliphatic carbocycles. The molecule has 0 spiro atoms. The average Bonchev–Trinajstić information content (AvgIpc) is 3.13. The number of benzene rings is 3. The van der Waals surface area contributed by atoms with Crippen molar-refractivity contribution < 1.29 is 18.7 Å². The lowest BCUT2D eigenvalue weighted by Crippen LogP contribution is -2.63. The second-order valence-corrected chi connectivity index (χ2v) is 10.9. The number of halogens is 1. The molecule has 6 rings (SSSR count). The van der Waals surface area contributed by atoms with Gasteiger partial charge in [0.05, 0.1) is 19.2 Å². The minimum atomic E-state index is -1.35. The Morgan fingerprint density at radius 2 is 1.75 bits per heavy atom. The molecule has 2 amide bonds. The van der Waals surface area contributed by atoms with Gasteiger partial charge in [-0.05, 0) is 54.3 Å². The maximum absolute atomic E-state index is 14.7. The number of carbonyl (C=O) groups excluding carboxylic acids is 2. The lowest BCUT2D eigenvalue weighted by Gasteiger charge is -2.47. The number of ether oxygens (including phenoxy) is 1. The van der Waals surface area contributed by atoms with Crippen LogP contribution in [-0.2, 0) is 23.4 Å². The quantitative estimate of drug-likeness (QED) is 0.298. The van der Waals surface area contributed by atoms with E-state index in [4.69, 9.17) is 4.74 Å².